The second-order valence-electron chi connectivity index (χ2n) is 5.01. The molecular formula is C15H14NO4S-. The van der Waals surface area contributed by atoms with Gasteiger partial charge in [0.1, 0.15) is 0 Å². The number of carbonyl (C=O) groups excluding carboxylic acids is 2. The predicted octanol–water partition coefficient (Wildman–Crippen LogP) is 0.666. The Balaban J connectivity index is 1.82. The fraction of sp³-hybridized carbons (Fsp3) is 0.333. The molecule has 1 amide bonds. The summed E-state index contributed by atoms with van der Waals surface area (Å²) in [5.74, 6) is -3.27. The van der Waals surface area contributed by atoms with Crippen molar-refractivity contribution in [1.29, 1.82) is 0 Å². The highest BCUT2D eigenvalue weighted by Crippen LogP contribution is 2.39. The maximum Gasteiger partial charge on any atom is 0.231 e. The van der Waals surface area contributed by atoms with Crippen molar-refractivity contribution in [2.75, 3.05) is 11.6 Å². The molecule has 0 unspecified atom stereocenters. The molecule has 1 saturated heterocycles. The van der Waals surface area contributed by atoms with Gasteiger partial charge in [0.15, 0.2) is 0 Å². The highest BCUT2D eigenvalue weighted by atomic mass is 32.2. The summed E-state index contributed by atoms with van der Waals surface area (Å²) in [5.41, 5.74) is 0.679. The van der Waals surface area contributed by atoms with E-state index in [9.17, 15) is 14.7 Å². The number of hydrogen-bond donors (Lipinski definition) is 1. The van der Waals surface area contributed by atoms with E-state index in [-0.39, 0.29) is 5.91 Å². The molecule has 2 aliphatic rings. The van der Waals surface area contributed by atoms with Gasteiger partial charge in [-0.05, 0) is 18.4 Å². The van der Waals surface area contributed by atoms with E-state index in [2.05, 4.69) is 5.32 Å². The van der Waals surface area contributed by atoms with Crippen molar-refractivity contribution in [3.05, 3.63) is 36.4 Å². The first-order chi connectivity index (χ1) is 10.1. The van der Waals surface area contributed by atoms with E-state index in [1.165, 1.54) is 11.8 Å². The highest BCUT2D eigenvalue weighted by molar-refractivity contribution is 7.98. The van der Waals surface area contributed by atoms with Gasteiger partial charge in [-0.3, -0.25) is 4.79 Å². The molecule has 1 fully saturated rings. The number of para-hydroxylation sites is 1. The number of aliphatic carboxylic acids is 1. The Morgan fingerprint density at radius 3 is 2.52 bits per heavy atom. The van der Waals surface area contributed by atoms with Crippen LogP contribution in [0.15, 0.2) is 41.3 Å². The second-order valence-corrected chi connectivity index (χ2v) is 5.86. The summed E-state index contributed by atoms with van der Waals surface area (Å²) in [6.45, 7) is 0. The van der Waals surface area contributed by atoms with Gasteiger partial charge in [0.2, 0.25) is 5.91 Å². The first-order valence-corrected chi connectivity index (χ1v) is 7.83. The van der Waals surface area contributed by atoms with Crippen molar-refractivity contribution in [2.45, 2.75) is 17.1 Å². The van der Waals surface area contributed by atoms with E-state index in [1.54, 1.807) is 18.2 Å². The zero-order chi connectivity index (χ0) is 15.0. The van der Waals surface area contributed by atoms with Crippen LogP contribution in [-0.4, -0.2) is 30.3 Å². The van der Waals surface area contributed by atoms with Gasteiger partial charge < -0.3 is 20.0 Å². The Labute approximate surface area is 126 Å². The van der Waals surface area contributed by atoms with Crippen molar-refractivity contribution in [3.63, 3.8) is 0 Å². The van der Waals surface area contributed by atoms with Crippen LogP contribution in [0, 0.1) is 11.8 Å². The molecule has 2 aliphatic heterocycles. The zero-order valence-corrected chi connectivity index (χ0v) is 12.1. The fourth-order valence-electron chi connectivity index (χ4n) is 2.87. The molecule has 1 aromatic carbocycles. The van der Waals surface area contributed by atoms with Crippen molar-refractivity contribution in [3.8, 4) is 0 Å². The second kappa shape index (κ2) is 5.54. The summed E-state index contributed by atoms with van der Waals surface area (Å²) in [6.07, 6.45) is 4.30. The molecular weight excluding hydrogens is 290 g/mol. The van der Waals surface area contributed by atoms with Crippen LogP contribution >= 0.6 is 11.8 Å². The average Bonchev–Trinajstić information content (AvgIpc) is 3.08. The third kappa shape index (κ3) is 2.45. The van der Waals surface area contributed by atoms with E-state index < -0.39 is 30.0 Å². The molecule has 110 valence electrons. The molecule has 1 N–H and O–H groups in total. The SMILES string of the molecule is CSc1ccccc1NC(=O)[C@H]1[C@@H](C(=O)[O-])[C@H]2C=C[C@@H]1O2. The molecule has 2 bridgehead atoms. The Morgan fingerprint density at radius 1 is 1.19 bits per heavy atom. The molecule has 1 aromatic rings. The van der Waals surface area contributed by atoms with Gasteiger partial charge in [-0.25, -0.2) is 0 Å². The number of fused-ring (bicyclic) bond motifs is 2. The summed E-state index contributed by atoms with van der Waals surface area (Å²) in [7, 11) is 0. The third-order valence-electron chi connectivity index (χ3n) is 3.84. The smallest absolute Gasteiger partial charge is 0.231 e. The number of carboxylic acid groups (broad SMARTS) is 1. The molecule has 2 heterocycles. The minimum Gasteiger partial charge on any atom is -0.550 e. The quantitative estimate of drug-likeness (QED) is 0.653. The molecule has 0 spiro atoms. The van der Waals surface area contributed by atoms with Gasteiger partial charge in [-0.1, -0.05) is 24.3 Å². The largest absolute Gasteiger partial charge is 0.550 e. The van der Waals surface area contributed by atoms with E-state index in [1.807, 2.05) is 24.5 Å². The van der Waals surface area contributed by atoms with E-state index in [4.69, 9.17) is 4.74 Å². The first-order valence-electron chi connectivity index (χ1n) is 6.60. The van der Waals surface area contributed by atoms with Crippen molar-refractivity contribution < 1.29 is 19.4 Å². The number of anilines is 1. The maximum atomic E-state index is 12.5. The highest BCUT2D eigenvalue weighted by Gasteiger charge is 2.50. The van der Waals surface area contributed by atoms with Crippen LogP contribution in [0.25, 0.3) is 0 Å². The van der Waals surface area contributed by atoms with E-state index >= 15 is 0 Å². The molecule has 21 heavy (non-hydrogen) atoms. The Hall–Kier alpha value is -1.79. The number of rotatable bonds is 4. The first kappa shape index (κ1) is 14.2. The molecule has 0 saturated carbocycles. The number of amides is 1. The number of benzene rings is 1. The summed E-state index contributed by atoms with van der Waals surface area (Å²) < 4.78 is 5.48. The zero-order valence-electron chi connectivity index (χ0n) is 11.3. The molecule has 5 nitrogen and oxygen atoms in total. The van der Waals surface area contributed by atoms with Gasteiger partial charge in [-0.15, -0.1) is 11.8 Å². The normalized spacial score (nSPS) is 29.6. The number of thioether (sulfide) groups is 1. The molecule has 6 heteroatoms. The van der Waals surface area contributed by atoms with Crippen LogP contribution in [0.3, 0.4) is 0 Å². The summed E-state index contributed by atoms with van der Waals surface area (Å²) in [4.78, 5) is 24.7. The molecule has 0 radical (unpaired) electrons. The maximum absolute atomic E-state index is 12.5. The van der Waals surface area contributed by atoms with Crippen LogP contribution in [0.4, 0.5) is 5.69 Å². The van der Waals surface area contributed by atoms with E-state index in [0.717, 1.165) is 4.90 Å². The van der Waals surface area contributed by atoms with Crippen LogP contribution in [0.5, 0.6) is 0 Å². The minimum absolute atomic E-state index is 0.345. The monoisotopic (exact) mass is 304 g/mol. The standard InChI is InChI=1S/C15H15NO4S/c1-21-11-5-3-2-4-8(11)16-14(17)12-9-6-7-10(20-9)13(12)15(18)19/h2-7,9-10,12-13H,1H3,(H,16,17)(H,18,19)/p-1/t9-,10+,12+,13-/m0/s1. The lowest BCUT2D eigenvalue weighted by atomic mass is 9.82. The molecule has 3 rings (SSSR count). The molecule has 0 aliphatic carbocycles. The topological polar surface area (TPSA) is 78.5 Å². The number of carboxylic acids is 1. The summed E-state index contributed by atoms with van der Waals surface area (Å²) >= 11 is 1.51. The van der Waals surface area contributed by atoms with Gasteiger partial charge in [0.25, 0.3) is 0 Å². The van der Waals surface area contributed by atoms with Crippen LogP contribution < -0.4 is 10.4 Å². The lowest BCUT2D eigenvalue weighted by Gasteiger charge is -2.25. The number of hydrogen-bond acceptors (Lipinski definition) is 5. The van der Waals surface area contributed by atoms with Crippen molar-refractivity contribution in [1.82, 2.24) is 0 Å². The summed E-state index contributed by atoms with van der Waals surface area (Å²) in [6, 6.07) is 7.40. The Kier molecular flexibility index (Phi) is 3.73. The van der Waals surface area contributed by atoms with Crippen LogP contribution in [-0.2, 0) is 14.3 Å². The fourth-order valence-corrected chi connectivity index (χ4v) is 3.42. The van der Waals surface area contributed by atoms with Gasteiger partial charge >= 0.3 is 0 Å². The lowest BCUT2D eigenvalue weighted by Crippen LogP contribution is -2.45. The minimum atomic E-state index is -1.25. The van der Waals surface area contributed by atoms with Crippen LogP contribution in [0.2, 0.25) is 0 Å². The summed E-state index contributed by atoms with van der Waals surface area (Å²) in [5, 5.41) is 14.1. The van der Waals surface area contributed by atoms with Crippen LogP contribution in [0.1, 0.15) is 0 Å². The number of carbonyl (C=O) groups is 2. The van der Waals surface area contributed by atoms with Gasteiger partial charge in [0, 0.05) is 16.8 Å². The molecule has 0 aromatic heterocycles. The van der Waals surface area contributed by atoms with Gasteiger partial charge in [-0.2, -0.15) is 0 Å². The van der Waals surface area contributed by atoms with E-state index in [0.29, 0.717) is 5.69 Å². The number of nitrogens with one attached hydrogen (secondary N) is 1. The number of ether oxygens (including phenoxy) is 1. The van der Waals surface area contributed by atoms with Crippen molar-refractivity contribution >= 4 is 29.3 Å². The van der Waals surface area contributed by atoms with Crippen molar-refractivity contribution in [2.24, 2.45) is 11.8 Å². The van der Waals surface area contributed by atoms with Gasteiger partial charge in [0.05, 0.1) is 23.8 Å². The Morgan fingerprint density at radius 2 is 1.86 bits per heavy atom. The predicted molar refractivity (Wildman–Crippen MR) is 76.6 cm³/mol. The third-order valence-corrected chi connectivity index (χ3v) is 4.64. The Bertz CT molecular complexity index is 615. The molecule has 4 atom stereocenters. The average molecular weight is 304 g/mol. The lowest BCUT2D eigenvalue weighted by molar-refractivity contribution is -0.313.